The second-order valence-corrected chi connectivity index (χ2v) is 6.36. The van der Waals surface area contributed by atoms with E-state index < -0.39 is 0 Å². The van der Waals surface area contributed by atoms with Crippen LogP contribution in [-0.4, -0.2) is 25.2 Å². The van der Waals surface area contributed by atoms with Crippen LogP contribution >= 0.6 is 0 Å². The number of hydrogen-bond acceptors (Lipinski definition) is 2. The Hall–Kier alpha value is -1.55. The van der Waals surface area contributed by atoms with E-state index in [4.69, 9.17) is 10.5 Å². The summed E-state index contributed by atoms with van der Waals surface area (Å²) in [5.41, 5.74) is 9.91. The summed E-state index contributed by atoms with van der Waals surface area (Å²) in [4.78, 5) is 4.36. The number of nitrogens with one attached hydrogen (secondary N) is 1. The van der Waals surface area contributed by atoms with Crippen LogP contribution in [0, 0.1) is 0 Å². The second kappa shape index (κ2) is 7.63. The number of aliphatic imine (C=N–C) groups is 1. The number of nitrogens with two attached hydrogens (primary N) is 1. The lowest BCUT2D eigenvalue weighted by molar-refractivity contribution is 0.0335. The van der Waals surface area contributed by atoms with E-state index in [2.05, 4.69) is 28.5 Å². The Bertz CT molecular complexity index is 521. The highest BCUT2D eigenvalue weighted by Gasteiger charge is 2.13. The molecule has 0 bridgehead atoms. The predicted molar refractivity (Wildman–Crippen MR) is 91.4 cm³/mol. The zero-order chi connectivity index (χ0) is 15.2. The number of guanidine groups is 1. The molecule has 0 saturated heterocycles. The van der Waals surface area contributed by atoms with Gasteiger partial charge in [0.2, 0.25) is 0 Å². The molecule has 0 unspecified atom stereocenters. The summed E-state index contributed by atoms with van der Waals surface area (Å²) >= 11 is 0. The van der Waals surface area contributed by atoms with Crippen LogP contribution in [0.5, 0.6) is 0 Å². The summed E-state index contributed by atoms with van der Waals surface area (Å²) in [5, 5.41) is 3.18. The van der Waals surface area contributed by atoms with Gasteiger partial charge in [-0.05, 0) is 55.4 Å². The van der Waals surface area contributed by atoms with Crippen molar-refractivity contribution in [1.29, 1.82) is 0 Å². The number of hydrogen-bond donors (Lipinski definition) is 2. The van der Waals surface area contributed by atoms with Crippen LogP contribution in [0.15, 0.2) is 23.2 Å². The highest BCUT2D eigenvalue weighted by molar-refractivity contribution is 5.92. The minimum Gasteiger partial charge on any atom is -0.376 e. The molecule has 1 aromatic carbocycles. The summed E-state index contributed by atoms with van der Waals surface area (Å²) < 4.78 is 5.85. The van der Waals surface area contributed by atoms with Crippen LogP contribution in [0.1, 0.15) is 49.7 Å². The number of nitrogens with zero attached hydrogens (tertiary/aromatic N) is 1. The van der Waals surface area contributed by atoms with Gasteiger partial charge in [-0.3, -0.25) is 4.99 Å². The molecule has 22 heavy (non-hydrogen) atoms. The van der Waals surface area contributed by atoms with Crippen molar-refractivity contribution in [2.45, 2.75) is 57.5 Å². The third-order valence-corrected chi connectivity index (χ3v) is 4.65. The molecule has 2 aliphatic rings. The maximum atomic E-state index is 5.95. The first-order valence-electron chi connectivity index (χ1n) is 8.61. The van der Waals surface area contributed by atoms with Crippen LogP contribution in [0.4, 0.5) is 5.69 Å². The van der Waals surface area contributed by atoms with E-state index in [0.717, 1.165) is 5.69 Å². The molecular formula is C18H27N3O. The van der Waals surface area contributed by atoms with Gasteiger partial charge in [0, 0.05) is 5.69 Å². The lowest BCUT2D eigenvalue weighted by Crippen LogP contribution is -2.24. The van der Waals surface area contributed by atoms with Crippen LogP contribution in [0.25, 0.3) is 0 Å². The molecule has 1 aromatic rings. The maximum Gasteiger partial charge on any atom is 0.193 e. The van der Waals surface area contributed by atoms with Crippen molar-refractivity contribution in [3.63, 3.8) is 0 Å². The van der Waals surface area contributed by atoms with Crippen LogP contribution in [0.3, 0.4) is 0 Å². The van der Waals surface area contributed by atoms with Gasteiger partial charge in [0.05, 0.1) is 19.3 Å². The molecule has 0 spiro atoms. The van der Waals surface area contributed by atoms with Crippen molar-refractivity contribution in [3.8, 4) is 0 Å². The lowest BCUT2D eigenvalue weighted by atomic mass is 9.98. The number of ether oxygens (including phenoxy) is 1. The van der Waals surface area contributed by atoms with E-state index in [0.29, 0.717) is 25.2 Å². The smallest absolute Gasteiger partial charge is 0.193 e. The minimum atomic E-state index is 0.440. The third kappa shape index (κ3) is 4.23. The fraction of sp³-hybridized carbons (Fsp3) is 0.611. The van der Waals surface area contributed by atoms with Gasteiger partial charge >= 0.3 is 0 Å². The monoisotopic (exact) mass is 301 g/mol. The maximum absolute atomic E-state index is 5.95. The summed E-state index contributed by atoms with van der Waals surface area (Å²) in [6.07, 6.45) is 10.4. The van der Waals surface area contributed by atoms with Crippen LogP contribution in [0.2, 0.25) is 0 Å². The first-order chi connectivity index (χ1) is 10.8. The largest absolute Gasteiger partial charge is 0.376 e. The fourth-order valence-electron chi connectivity index (χ4n) is 3.45. The topological polar surface area (TPSA) is 59.6 Å². The van der Waals surface area contributed by atoms with E-state index in [1.807, 2.05) is 0 Å². The molecule has 0 aliphatic heterocycles. The Balaban J connectivity index is 1.42. The Labute approximate surface area is 133 Å². The zero-order valence-corrected chi connectivity index (χ0v) is 13.3. The molecule has 0 aromatic heterocycles. The molecule has 0 radical (unpaired) electrons. The van der Waals surface area contributed by atoms with Crippen molar-refractivity contribution >= 4 is 11.6 Å². The average molecular weight is 301 g/mol. The molecule has 3 N–H and O–H groups in total. The SMILES string of the molecule is NC(=NCCOC1CCCCC1)Nc1ccc2c(c1)CCC2. The third-order valence-electron chi connectivity index (χ3n) is 4.65. The number of anilines is 1. The van der Waals surface area contributed by atoms with Crippen LogP contribution in [-0.2, 0) is 17.6 Å². The number of rotatable bonds is 5. The second-order valence-electron chi connectivity index (χ2n) is 6.36. The van der Waals surface area contributed by atoms with E-state index in [1.54, 1.807) is 0 Å². The molecule has 4 heteroatoms. The van der Waals surface area contributed by atoms with Gasteiger partial charge in [0.15, 0.2) is 5.96 Å². The Morgan fingerprint density at radius 2 is 1.95 bits per heavy atom. The summed E-state index contributed by atoms with van der Waals surface area (Å²) in [5.74, 6) is 0.477. The summed E-state index contributed by atoms with van der Waals surface area (Å²) in [6.45, 7) is 1.29. The fourth-order valence-corrected chi connectivity index (χ4v) is 3.45. The highest BCUT2D eigenvalue weighted by Crippen LogP contribution is 2.24. The predicted octanol–water partition coefficient (Wildman–Crippen LogP) is 3.25. The Kier molecular flexibility index (Phi) is 5.33. The van der Waals surface area contributed by atoms with Gasteiger partial charge in [0.1, 0.15) is 0 Å². The Morgan fingerprint density at radius 3 is 2.82 bits per heavy atom. The molecule has 4 nitrogen and oxygen atoms in total. The zero-order valence-electron chi connectivity index (χ0n) is 13.3. The molecule has 0 heterocycles. The minimum absolute atomic E-state index is 0.440. The summed E-state index contributed by atoms with van der Waals surface area (Å²) in [7, 11) is 0. The van der Waals surface area contributed by atoms with Gasteiger partial charge < -0.3 is 15.8 Å². The van der Waals surface area contributed by atoms with E-state index >= 15 is 0 Å². The summed E-state index contributed by atoms with van der Waals surface area (Å²) in [6, 6.07) is 6.48. The van der Waals surface area contributed by atoms with Gasteiger partial charge in [-0.15, -0.1) is 0 Å². The molecule has 1 saturated carbocycles. The quantitative estimate of drug-likeness (QED) is 0.498. The Morgan fingerprint density at radius 1 is 1.14 bits per heavy atom. The normalized spacial score (nSPS) is 19.2. The van der Waals surface area contributed by atoms with Crippen molar-refractivity contribution in [2.75, 3.05) is 18.5 Å². The van der Waals surface area contributed by atoms with E-state index in [-0.39, 0.29) is 0 Å². The average Bonchev–Trinajstić information content (AvgIpc) is 3.00. The van der Waals surface area contributed by atoms with Crippen molar-refractivity contribution < 1.29 is 4.74 Å². The first kappa shape index (κ1) is 15.3. The first-order valence-corrected chi connectivity index (χ1v) is 8.61. The number of aryl methyl sites for hydroxylation is 2. The number of benzene rings is 1. The van der Waals surface area contributed by atoms with Crippen LogP contribution < -0.4 is 11.1 Å². The molecule has 2 aliphatic carbocycles. The van der Waals surface area contributed by atoms with Gasteiger partial charge in [-0.1, -0.05) is 25.3 Å². The molecule has 120 valence electrons. The van der Waals surface area contributed by atoms with Crippen molar-refractivity contribution in [2.24, 2.45) is 10.7 Å². The van der Waals surface area contributed by atoms with Crippen molar-refractivity contribution in [3.05, 3.63) is 29.3 Å². The molecule has 1 fully saturated rings. The van der Waals surface area contributed by atoms with Gasteiger partial charge in [-0.25, -0.2) is 0 Å². The van der Waals surface area contributed by atoms with Gasteiger partial charge in [-0.2, -0.15) is 0 Å². The van der Waals surface area contributed by atoms with Crippen molar-refractivity contribution in [1.82, 2.24) is 0 Å². The molecule has 3 rings (SSSR count). The number of fused-ring (bicyclic) bond motifs is 1. The van der Waals surface area contributed by atoms with E-state index in [9.17, 15) is 0 Å². The van der Waals surface area contributed by atoms with E-state index in [1.165, 1.54) is 62.5 Å². The lowest BCUT2D eigenvalue weighted by Gasteiger charge is -2.21. The molecular weight excluding hydrogens is 274 g/mol. The molecule has 0 amide bonds. The highest BCUT2D eigenvalue weighted by atomic mass is 16.5. The van der Waals surface area contributed by atoms with Gasteiger partial charge in [0.25, 0.3) is 0 Å². The molecule has 0 atom stereocenters. The standard InChI is InChI=1S/C18H27N3O/c19-18(20-11-12-22-17-7-2-1-3-8-17)21-16-10-9-14-5-4-6-15(14)13-16/h9-10,13,17H,1-8,11-12H2,(H3,19,20,21).